The lowest BCUT2D eigenvalue weighted by Gasteiger charge is -1.99. The van der Waals surface area contributed by atoms with Crippen LogP contribution in [0.5, 0.6) is 0 Å². The van der Waals surface area contributed by atoms with Crippen molar-refractivity contribution in [2.75, 3.05) is 7.11 Å². The van der Waals surface area contributed by atoms with Gasteiger partial charge in [-0.05, 0) is 11.3 Å². The van der Waals surface area contributed by atoms with Gasteiger partial charge in [-0.3, -0.25) is 4.79 Å². The first kappa shape index (κ1) is 11.5. The van der Waals surface area contributed by atoms with Crippen molar-refractivity contribution < 1.29 is 9.53 Å². The van der Waals surface area contributed by atoms with Gasteiger partial charge >= 0.3 is 5.97 Å². The Kier molecular flexibility index (Phi) is 2.99. The number of allylic oxidation sites excluding steroid dienone is 3. The molecule has 0 N–H and O–H groups in total. The summed E-state index contributed by atoms with van der Waals surface area (Å²) >= 11 is 0. The summed E-state index contributed by atoms with van der Waals surface area (Å²) in [6, 6.07) is 2.03. The topological polar surface area (TPSA) is 50.1 Å². The van der Waals surface area contributed by atoms with Gasteiger partial charge in [-0.15, -0.1) is 0 Å². The molecule has 1 saturated carbocycles. The molecule has 0 aliphatic heterocycles. The summed E-state index contributed by atoms with van der Waals surface area (Å²) in [5, 5.41) is 8.75. The first-order valence-corrected chi connectivity index (χ1v) is 4.81. The Morgan fingerprint density at radius 1 is 1.60 bits per heavy atom. The van der Waals surface area contributed by atoms with Crippen LogP contribution >= 0.6 is 0 Å². The van der Waals surface area contributed by atoms with Crippen LogP contribution in [0.3, 0.4) is 0 Å². The summed E-state index contributed by atoms with van der Waals surface area (Å²) in [6.07, 6.45) is 3.30. The molecular formula is C12H15NO2. The molecular weight excluding hydrogens is 190 g/mol. The molecule has 0 amide bonds. The lowest BCUT2D eigenvalue weighted by Crippen LogP contribution is -2.07. The minimum atomic E-state index is -0.206. The third-order valence-electron chi connectivity index (χ3n) is 3.07. The molecule has 0 aromatic rings. The highest BCUT2D eigenvalue weighted by Gasteiger charge is 2.61. The van der Waals surface area contributed by atoms with E-state index in [2.05, 4.69) is 6.58 Å². The molecule has 0 radical (unpaired) electrons. The van der Waals surface area contributed by atoms with Crippen LogP contribution in [-0.4, -0.2) is 13.1 Å². The van der Waals surface area contributed by atoms with Crippen LogP contribution in [0.2, 0.25) is 0 Å². The molecule has 1 rings (SSSR count). The van der Waals surface area contributed by atoms with E-state index in [0.717, 1.165) is 0 Å². The third-order valence-corrected chi connectivity index (χ3v) is 3.07. The van der Waals surface area contributed by atoms with Crippen LogP contribution in [0.15, 0.2) is 24.3 Å². The van der Waals surface area contributed by atoms with Crippen molar-refractivity contribution in [3.05, 3.63) is 24.3 Å². The van der Waals surface area contributed by atoms with E-state index in [1.807, 2.05) is 19.9 Å². The Labute approximate surface area is 90.0 Å². The smallest absolute Gasteiger partial charge is 0.309 e. The van der Waals surface area contributed by atoms with Crippen molar-refractivity contribution in [3.8, 4) is 6.07 Å². The summed E-state index contributed by atoms with van der Waals surface area (Å²) < 4.78 is 4.71. The molecule has 0 spiro atoms. The molecule has 0 aromatic carbocycles. The van der Waals surface area contributed by atoms with Crippen molar-refractivity contribution in [2.24, 2.45) is 17.3 Å². The minimum absolute atomic E-state index is 0.0811. The number of nitriles is 1. The van der Waals surface area contributed by atoms with Gasteiger partial charge in [0.1, 0.15) is 0 Å². The highest BCUT2D eigenvalue weighted by Crippen LogP contribution is 2.59. The maximum Gasteiger partial charge on any atom is 0.309 e. The Morgan fingerprint density at radius 2 is 2.20 bits per heavy atom. The maximum absolute atomic E-state index is 11.4. The van der Waals surface area contributed by atoms with E-state index in [1.54, 1.807) is 6.08 Å². The standard InChI is InChI=1S/C12H15NO2/c1-5-8(7-13)6-9-10(11(14)15-4)12(9,2)3/h5-6,9-10H,1H2,2-4H3. The fourth-order valence-electron chi connectivity index (χ4n) is 1.91. The molecule has 80 valence electrons. The fourth-order valence-corrected chi connectivity index (χ4v) is 1.91. The van der Waals surface area contributed by atoms with Crippen molar-refractivity contribution in [3.63, 3.8) is 0 Å². The van der Waals surface area contributed by atoms with Gasteiger partial charge in [0.05, 0.1) is 19.1 Å². The summed E-state index contributed by atoms with van der Waals surface area (Å²) in [5.41, 5.74) is 0.401. The zero-order valence-electron chi connectivity index (χ0n) is 9.28. The van der Waals surface area contributed by atoms with Crippen LogP contribution in [-0.2, 0) is 9.53 Å². The average molecular weight is 205 g/mol. The third kappa shape index (κ3) is 1.94. The lowest BCUT2D eigenvalue weighted by atomic mass is 10.1. The number of ether oxygens (including phenoxy) is 1. The van der Waals surface area contributed by atoms with Crippen LogP contribution in [0, 0.1) is 28.6 Å². The molecule has 2 atom stereocenters. The van der Waals surface area contributed by atoms with Gasteiger partial charge in [-0.25, -0.2) is 0 Å². The Bertz CT molecular complexity index is 360. The number of methoxy groups -OCH3 is 1. The largest absolute Gasteiger partial charge is 0.469 e. The van der Waals surface area contributed by atoms with E-state index in [9.17, 15) is 4.79 Å². The summed E-state index contributed by atoms with van der Waals surface area (Å²) in [7, 11) is 1.39. The normalized spacial score (nSPS) is 27.7. The number of nitrogens with zero attached hydrogens (tertiary/aromatic N) is 1. The van der Waals surface area contributed by atoms with Crippen LogP contribution in [0.1, 0.15) is 13.8 Å². The maximum atomic E-state index is 11.4. The molecule has 3 nitrogen and oxygen atoms in total. The van der Waals surface area contributed by atoms with Crippen molar-refractivity contribution in [2.45, 2.75) is 13.8 Å². The van der Waals surface area contributed by atoms with E-state index >= 15 is 0 Å². The van der Waals surface area contributed by atoms with E-state index in [0.29, 0.717) is 5.57 Å². The van der Waals surface area contributed by atoms with E-state index < -0.39 is 0 Å². The number of hydrogen-bond acceptors (Lipinski definition) is 3. The summed E-state index contributed by atoms with van der Waals surface area (Å²) in [4.78, 5) is 11.4. The number of carbonyl (C=O) groups is 1. The van der Waals surface area contributed by atoms with Crippen LogP contribution in [0.4, 0.5) is 0 Å². The van der Waals surface area contributed by atoms with Crippen LogP contribution < -0.4 is 0 Å². The number of rotatable bonds is 3. The first-order valence-electron chi connectivity index (χ1n) is 4.81. The van der Waals surface area contributed by atoms with E-state index in [-0.39, 0.29) is 23.2 Å². The van der Waals surface area contributed by atoms with Gasteiger partial charge in [0.15, 0.2) is 0 Å². The van der Waals surface area contributed by atoms with Crippen LogP contribution in [0.25, 0.3) is 0 Å². The SMILES string of the molecule is C=CC(C#N)=CC1C(C(=O)OC)C1(C)C. The van der Waals surface area contributed by atoms with E-state index in [1.165, 1.54) is 13.2 Å². The fraction of sp³-hybridized carbons (Fsp3) is 0.500. The number of hydrogen-bond donors (Lipinski definition) is 0. The Balaban J connectivity index is 2.84. The van der Waals surface area contributed by atoms with Gasteiger partial charge < -0.3 is 4.74 Å². The second kappa shape index (κ2) is 3.90. The number of esters is 1. The molecule has 0 aromatic heterocycles. The molecule has 1 fully saturated rings. The molecule has 0 bridgehead atoms. The molecule has 0 heterocycles. The Morgan fingerprint density at radius 3 is 2.60 bits per heavy atom. The highest BCUT2D eigenvalue weighted by molar-refractivity contribution is 5.78. The summed E-state index contributed by atoms with van der Waals surface area (Å²) in [5.74, 6) is -0.258. The molecule has 2 unspecified atom stereocenters. The lowest BCUT2D eigenvalue weighted by molar-refractivity contribution is -0.143. The second-order valence-electron chi connectivity index (χ2n) is 4.29. The van der Waals surface area contributed by atoms with Gasteiger partial charge in [0.2, 0.25) is 0 Å². The number of carbonyl (C=O) groups excluding carboxylic acids is 1. The van der Waals surface area contributed by atoms with Crippen molar-refractivity contribution in [1.82, 2.24) is 0 Å². The molecule has 0 saturated heterocycles. The zero-order valence-corrected chi connectivity index (χ0v) is 9.28. The quantitative estimate of drug-likeness (QED) is 0.402. The van der Waals surface area contributed by atoms with Gasteiger partial charge in [0.25, 0.3) is 0 Å². The predicted octanol–water partition coefficient (Wildman–Crippen LogP) is 2.07. The average Bonchev–Trinajstić information content (AvgIpc) is 2.75. The van der Waals surface area contributed by atoms with E-state index in [4.69, 9.17) is 10.00 Å². The van der Waals surface area contributed by atoms with Gasteiger partial charge in [-0.2, -0.15) is 5.26 Å². The minimum Gasteiger partial charge on any atom is -0.469 e. The molecule has 15 heavy (non-hydrogen) atoms. The Hall–Kier alpha value is -1.56. The molecule has 1 aliphatic carbocycles. The zero-order chi connectivity index (χ0) is 11.6. The summed E-state index contributed by atoms with van der Waals surface area (Å²) in [6.45, 7) is 7.53. The monoisotopic (exact) mass is 205 g/mol. The highest BCUT2D eigenvalue weighted by atomic mass is 16.5. The molecule has 1 aliphatic rings. The van der Waals surface area contributed by atoms with Crippen molar-refractivity contribution in [1.29, 1.82) is 5.26 Å². The predicted molar refractivity (Wildman–Crippen MR) is 56.7 cm³/mol. The second-order valence-corrected chi connectivity index (χ2v) is 4.29. The van der Waals surface area contributed by atoms with Crippen molar-refractivity contribution >= 4 is 5.97 Å². The first-order chi connectivity index (χ1) is 6.98. The van der Waals surface area contributed by atoms with Gasteiger partial charge in [-0.1, -0.05) is 32.6 Å². The van der Waals surface area contributed by atoms with Gasteiger partial charge in [0, 0.05) is 5.57 Å². The molecule has 3 heteroatoms.